The number of hydrogen-bond donors (Lipinski definition) is 4. The van der Waals surface area contributed by atoms with E-state index in [9.17, 15) is 9.90 Å². The first-order chi connectivity index (χ1) is 11.7. The van der Waals surface area contributed by atoms with Gasteiger partial charge in [0, 0.05) is 12.6 Å². The Labute approximate surface area is 143 Å². The van der Waals surface area contributed by atoms with Gasteiger partial charge in [-0.25, -0.2) is 4.79 Å². The number of urea groups is 1. The number of aliphatic hydroxyl groups excluding tert-OH is 1. The molecule has 5 N–H and O–H groups in total. The van der Waals surface area contributed by atoms with Crippen molar-refractivity contribution >= 4 is 6.03 Å². The molecule has 0 heterocycles. The summed E-state index contributed by atoms with van der Waals surface area (Å²) in [7, 11) is 0. The van der Waals surface area contributed by atoms with Gasteiger partial charge < -0.3 is 26.2 Å². The van der Waals surface area contributed by atoms with Crippen LogP contribution in [0.3, 0.4) is 0 Å². The molecule has 1 saturated carbocycles. The number of nitrogens with one attached hydrogen (secondary N) is 2. The highest BCUT2D eigenvalue weighted by Crippen LogP contribution is 2.24. The van der Waals surface area contributed by atoms with Crippen molar-refractivity contribution in [2.45, 2.75) is 44.4 Å². The zero-order valence-electron chi connectivity index (χ0n) is 14.1. The summed E-state index contributed by atoms with van der Waals surface area (Å²) in [6.07, 6.45) is 2.92. The van der Waals surface area contributed by atoms with Gasteiger partial charge in [-0.2, -0.15) is 0 Å². The maximum atomic E-state index is 11.8. The largest absolute Gasteiger partial charge is 0.391 e. The Bertz CT molecular complexity index is 484. The molecule has 1 aromatic rings. The zero-order valence-corrected chi connectivity index (χ0v) is 14.1. The van der Waals surface area contributed by atoms with Crippen molar-refractivity contribution in [1.82, 2.24) is 10.6 Å². The third kappa shape index (κ3) is 6.86. The van der Waals surface area contributed by atoms with Gasteiger partial charge in [-0.15, -0.1) is 0 Å². The minimum absolute atomic E-state index is 0.171. The SMILES string of the molecule is NCC1CCC(NC(=O)NCC[C@@H](O)COCc2ccccc2)C1. The highest BCUT2D eigenvalue weighted by Gasteiger charge is 2.24. The summed E-state index contributed by atoms with van der Waals surface area (Å²) in [5, 5.41) is 15.6. The highest BCUT2D eigenvalue weighted by atomic mass is 16.5. The van der Waals surface area contributed by atoms with Gasteiger partial charge in [-0.3, -0.25) is 0 Å². The lowest BCUT2D eigenvalue weighted by atomic mass is 10.1. The van der Waals surface area contributed by atoms with Crippen molar-refractivity contribution in [1.29, 1.82) is 0 Å². The third-order valence-electron chi connectivity index (χ3n) is 4.39. The van der Waals surface area contributed by atoms with Gasteiger partial charge in [-0.1, -0.05) is 30.3 Å². The third-order valence-corrected chi connectivity index (χ3v) is 4.39. The van der Waals surface area contributed by atoms with Crippen LogP contribution in [-0.2, 0) is 11.3 Å². The molecule has 6 nitrogen and oxygen atoms in total. The first-order valence-electron chi connectivity index (χ1n) is 8.71. The minimum Gasteiger partial charge on any atom is -0.391 e. The van der Waals surface area contributed by atoms with Gasteiger partial charge in [0.1, 0.15) is 0 Å². The maximum Gasteiger partial charge on any atom is 0.315 e. The fourth-order valence-corrected chi connectivity index (χ4v) is 2.98. The summed E-state index contributed by atoms with van der Waals surface area (Å²) < 4.78 is 5.48. The Morgan fingerprint density at radius 1 is 1.33 bits per heavy atom. The summed E-state index contributed by atoms with van der Waals surface area (Å²) in [6, 6.07) is 9.88. The molecule has 0 aliphatic heterocycles. The summed E-state index contributed by atoms with van der Waals surface area (Å²) in [6.45, 7) is 1.86. The van der Waals surface area contributed by atoms with Crippen LogP contribution in [0, 0.1) is 5.92 Å². The lowest BCUT2D eigenvalue weighted by molar-refractivity contribution is 0.0251. The van der Waals surface area contributed by atoms with E-state index in [4.69, 9.17) is 10.5 Å². The summed E-state index contributed by atoms with van der Waals surface area (Å²) in [5.74, 6) is 0.527. The van der Waals surface area contributed by atoms with Gasteiger partial charge >= 0.3 is 6.03 Å². The number of rotatable bonds is 9. The molecular formula is C18H29N3O3. The maximum absolute atomic E-state index is 11.8. The van der Waals surface area contributed by atoms with Crippen molar-refractivity contribution in [2.24, 2.45) is 11.7 Å². The minimum atomic E-state index is -0.581. The van der Waals surface area contributed by atoms with E-state index in [-0.39, 0.29) is 18.7 Å². The predicted molar refractivity (Wildman–Crippen MR) is 93.4 cm³/mol. The van der Waals surface area contributed by atoms with Crippen molar-refractivity contribution in [3.8, 4) is 0 Å². The number of carbonyl (C=O) groups excluding carboxylic acids is 1. The van der Waals surface area contributed by atoms with Gasteiger partial charge in [0.05, 0.1) is 19.3 Å². The number of ether oxygens (including phenoxy) is 1. The van der Waals surface area contributed by atoms with Crippen LogP contribution in [-0.4, -0.2) is 43.0 Å². The molecule has 1 aliphatic rings. The molecule has 134 valence electrons. The Hall–Kier alpha value is -1.63. The summed E-state index contributed by atoms with van der Waals surface area (Å²) in [4.78, 5) is 11.8. The second kappa shape index (κ2) is 10.3. The molecule has 0 bridgehead atoms. The number of aliphatic hydroxyl groups is 1. The van der Waals surface area contributed by atoms with Crippen LogP contribution in [0.1, 0.15) is 31.2 Å². The van der Waals surface area contributed by atoms with Gasteiger partial charge in [0.15, 0.2) is 0 Å². The second-order valence-electron chi connectivity index (χ2n) is 6.46. The molecule has 2 rings (SSSR count). The lowest BCUT2D eigenvalue weighted by Gasteiger charge is -2.15. The Balaban J connectivity index is 1.51. The number of carbonyl (C=O) groups is 1. The number of amides is 2. The summed E-state index contributed by atoms with van der Waals surface area (Å²) in [5.41, 5.74) is 6.73. The topological polar surface area (TPSA) is 96.6 Å². The van der Waals surface area contributed by atoms with E-state index >= 15 is 0 Å². The van der Waals surface area contributed by atoms with E-state index in [1.165, 1.54) is 0 Å². The van der Waals surface area contributed by atoms with E-state index in [1.807, 2.05) is 30.3 Å². The van der Waals surface area contributed by atoms with Crippen LogP contribution >= 0.6 is 0 Å². The highest BCUT2D eigenvalue weighted by molar-refractivity contribution is 5.74. The molecule has 0 radical (unpaired) electrons. The lowest BCUT2D eigenvalue weighted by Crippen LogP contribution is -2.42. The van der Waals surface area contributed by atoms with Crippen LogP contribution in [0.2, 0.25) is 0 Å². The molecule has 0 aromatic heterocycles. The fraction of sp³-hybridized carbons (Fsp3) is 0.611. The molecule has 2 amide bonds. The monoisotopic (exact) mass is 335 g/mol. The van der Waals surface area contributed by atoms with Crippen LogP contribution in [0.5, 0.6) is 0 Å². The van der Waals surface area contributed by atoms with Gasteiger partial charge in [0.25, 0.3) is 0 Å². The van der Waals surface area contributed by atoms with Crippen molar-refractivity contribution in [3.05, 3.63) is 35.9 Å². The summed E-state index contributed by atoms with van der Waals surface area (Å²) >= 11 is 0. The molecule has 24 heavy (non-hydrogen) atoms. The molecule has 1 fully saturated rings. The molecule has 0 saturated heterocycles. The van der Waals surface area contributed by atoms with E-state index in [0.717, 1.165) is 24.8 Å². The normalized spacial score (nSPS) is 21.4. The van der Waals surface area contributed by atoms with Crippen molar-refractivity contribution in [3.63, 3.8) is 0 Å². The van der Waals surface area contributed by atoms with Gasteiger partial charge in [-0.05, 0) is 43.7 Å². The van der Waals surface area contributed by atoms with Crippen LogP contribution < -0.4 is 16.4 Å². The average Bonchev–Trinajstić information content (AvgIpc) is 3.03. The van der Waals surface area contributed by atoms with Crippen LogP contribution in [0.25, 0.3) is 0 Å². The van der Waals surface area contributed by atoms with E-state index < -0.39 is 6.10 Å². The fourth-order valence-electron chi connectivity index (χ4n) is 2.98. The Morgan fingerprint density at radius 2 is 2.12 bits per heavy atom. The molecular weight excluding hydrogens is 306 g/mol. The average molecular weight is 335 g/mol. The first-order valence-corrected chi connectivity index (χ1v) is 8.71. The smallest absolute Gasteiger partial charge is 0.315 e. The Morgan fingerprint density at radius 3 is 2.83 bits per heavy atom. The van der Waals surface area contributed by atoms with E-state index in [1.54, 1.807) is 0 Å². The van der Waals surface area contributed by atoms with Crippen molar-refractivity contribution < 1.29 is 14.6 Å². The molecule has 0 spiro atoms. The quantitative estimate of drug-likeness (QED) is 0.548. The standard InChI is InChI=1S/C18H29N3O3/c19-11-15-6-7-16(10-15)21-18(23)20-9-8-17(22)13-24-12-14-4-2-1-3-5-14/h1-5,15-17,22H,6-13,19H2,(H2,20,21,23)/t15?,16?,17-/m1/s1. The van der Waals surface area contributed by atoms with Crippen molar-refractivity contribution in [2.75, 3.05) is 19.7 Å². The van der Waals surface area contributed by atoms with Crippen LogP contribution in [0.4, 0.5) is 4.79 Å². The molecule has 1 aliphatic carbocycles. The number of nitrogens with two attached hydrogens (primary N) is 1. The van der Waals surface area contributed by atoms with E-state index in [2.05, 4.69) is 10.6 Å². The molecule has 1 aromatic carbocycles. The zero-order chi connectivity index (χ0) is 17.2. The number of hydrogen-bond acceptors (Lipinski definition) is 4. The first kappa shape index (κ1) is 18.7. The molecule has 3 atom stereocenters. The Kier molecular flexibility index (Phi) is 8.01. The van der Waals surface area contributed by atoms with E-state index in [0.29, 0.717) is 32.0 Å². The molecule has 6 heteroatoms. The van der Waals surface area contributed by atoms with Gasteiger partial charge in [0.2, 0.25) is 0 Å². The second-order valence-corrected chi connectivity index (χ2v) is 6.46. The van der Waals surface area contributed by atoms with Crippen LogP contribution in [0.15, 0.2) is 30.3 Å². The molecule has 2 unspecified atom stereocenters. The number of benzene rings is 1. The predicted octanol–water partition coefficient (Wildman–Crippen LogP) is 1.38.